The number of carbonyl (C=O) groups is 1. The molecule has 1 atom stereocenters. The van der Waals surface area contributed by atoms with Crippen LogP contribution >= 0.6 is 0 Å². The molecule has 0 aromatic heterocycles. The highest BCUT2D eigenvalue weighted by Gasteiger charge is 2.14. The molecule has 0 radical (unpaired) electrons. The monoisotopic (exact) mass is 272 g/mol. The van der Waals surface area contributed by atoms with Crippen molar-refractivity contribution in [3.8, 4) is 11.8 Å². The highest BCUT2D eigenvalue weighted by atomic mass is 16.5. The Balaban J connectivity index is 2.93. The first-order chi connectivity index (χ1) is 9.51. The molecule has 1 rings (SSSR count). The Morgan fingerprint density at radius 2 is 2.15 bits per heavy atom. The second-order valence-corrected chi connectivity index (χ2v) is 4.69. The SMILES string of the molecule is COc1ccccc1C(C)=CC(=O)N(C)C(C)CC#N. The number of methoxy groups -OCH3 is 1. The van der Waals surface area contributed by atoms with Crippen LogP contribution in [0.25, 0.3) is 5.57 Å². The second-order valence-electron chi connectivity index (χ2n) is 4.69. The van der Waals surface area contributed by atoms with E-state index in [4.69, 9.17) is 10.00 Å². The topological polar surface area (TPSA) is 53.3 Å². The summed E-state index contributed by atoms with van der Waals surface area (Å²) in [6.45, 7) is 3.73. The summed E-state index contributed by atoms with van der Waals surface area (Å²) in [4.78, 5) is 13.7. The summed E-state index contributed by atoms with van der Waals surface area (Å²) in [6, 6.07) is 9.53. The maximum atomic E-state index is 12.1. The van der Waals surface area contributed by atoms with Crippen LogP contribution in [0.3, 0.4) is 0 Å². The minimum atomic E-state index is -0.115. The maximum absolute atomic E-state index is 12.1. The van der Waals surface area contributed by atoms with E-state index in [2.05, 4.69) is 6.07 Å². The van der Waals surface area contributed by atoms with E-state index in [0.717, 1.165) is 16.9 Å². The predicted octanol–water partition coefficient (Wildman–Crippen LogP) is 2.86. The summed E-state index contributed by atoms with van der Waals surface area (Å²) in [6.07, 6.45) is 1.90. The molecule has 1 aromatic rings. The van der Waals surface area contributed by atoms with Gasteiger partial charge in [0.2, 0.25) is 5.91 Å². The van der Waals surface area contributed by atoms with Crippen molar-refractivity contribution in [2.75, 3.05) is 14.2 Å². The van der Waals surface area contributed by atoms with Gasteiger partial charge in [0.05, 0.1) is 19.6 Å². The summed E-state index contributed by atoms with van der Waals surface area (Å²) in [7, 11) is 3.31. The molecule has 0 heterocycles. The third kappa shape index (κ3) is 3.86. The van der Waals surface area contributed by atoms with Crippen molar-refractivity contribution in [1.82, 2.24) is 4.90 Å². The zero-order valence-electron chi connectivity index (χ0n) is 12.4. The average molecular weight is 272 g/mol. The molecule has 106 valence electrons. The van der Waals surface area contributed by atoms with Crippen LogP contribution in [0.4, 0.5) is 0 Å². The number of carbonyl (C=O) groups excluding carboxylic acids is 1. The summed E-state index contributed by atoms with van der Waals surface area (Å²) in [5.74, 6) is 0.623. The first kappa shape index (κ1) is 15.8. The summed E-state index contributed by atoms with van der Waals surface area (Å²) < 4.78 is 5.29. The van der Waals surface area contributed by atoms with Crippen LogP contribution < -0.4 is 4.74 Å². The van der Waals surface area contributed by atoms with Gasteiger partial charge in [-0.15, -0.1) is 0 Å². The van der Waals surface area contributed by atoms with Crippen molar-refractivity contribution in [3.63, 3.8) is 0 Å². The van der Waals surface area contributed by atoms with Gasteiger partial charge in [-0.3, -0.25) is 4.79 Å². The van der Waals surface area contributed by atoms with Crippen LogP contribution in [0.5, 0.6) is 5.75 Å². The zero-order chi connectivity index (χ0) is 15.1. The van der Waals surface area contributed by atoms with Crippen molar-refractivity contribution in [2.45, 2.75) is 26.3 Å². The third-order valence-electron chi connectivity index (χ3n) is 3.27. The van der Waals surface area contributed by atoms with E-state index in [0.29, 0.717) is 6.42 Å². The van der Waals surface area contributed by atoms with Crippen LogP contribution in [0.2, 0.25) is 0 Å². The molecule has 1 aromatic carbocycles. The standard InChI is InChI=1S/C16H20N2O2/c1-12(14-7-5-6-8-15(14)20-4)11-16(19)18(3)13(2)9-10-17/h5-8,11,13H,9H2,1-4H3. The van der Waals surface area contributed by atoms with Gasteiger partial charge in [0.25, 0.3) is 0 Å². The molecule has 0 saturated carbocycles. The first-order valence-corrected chi connectivity index (χ1v) is 6.46. The molecule has 0 saturated heterocycles. The van der Waals surface area contributed by atoms with Crippen LogP contribution in [0.1, 0.15) is 25.8 Å². The smallest absolute Gasteiger partial charge is 0.246 e. The van der Waals surface area contributed by atoms with E-state index >= 15 is 0 Å². The largest absolute Gasteiger partial charge is 0.496 e. The number of nitriles is 1. The number of allylic oxidation sites excluding steroid dienone is 1. The molecular formula is C16H20N2O2. The number of para-hydroxylation sites is 1. The average Bonchev–Trinajstić information content (AvgIpc) is 2.46. The number of benzene rings is 1. The van der Waals surface area contributed by atoms with Crippen LogP contribution in [-0.4, -0.2) is 31.0 Å². The Bertz CT molecular complexity index is 544. The number of hydrogen-bond acceptors (Lipinski definition) is 3. The number of amides is 1. The Kier molecular flexibility index (Phi) is 5.79. The molecule has 0 N–H and O–H groups in total. The van der Waals surface area contributed by atoms with Crippen LogP contribution in [-0.2, 0) is 4.79 Å². The summed E-state index contributed by atoms with van der Waals surface area (Å²) in [5, 5.41) is 8.68. The molecule has 0 aliphatic heterocycles. The number of ether oxygens (including phenoxy) is 1. The number of hydrogen-bond donors (Lipinski definition) is 0. The molecule has 0 bridgehead atoms. The number of nitrogens with zero attached hydrogens (tertiary/aromatic N) is 2. The fourth-order valence-electron chi connectivity index (χ4n) is 1.82. The lowest BCUT2D eigenvalue weighted by atomic mass is 10.1. The van der Waals surface area contributed by atoms with Gasteiger partial charge in [0.15, 0.2) is 0 Å². The molecule has 1 amide bonds. The van der Waals surface area contributed by atoms with Gasteiger partial charge in [0.1, 0.15) is 5.75 Å². The Hall–Kier alpha value is -2.28. The fraction of sp³-hybridized carbons (Fsp3) is 0.375. The maximum Gasteiger partial charge on any atom is 0.246 e. The molecule has 0 aliphatic rings. The van der Waals surface area contributed by atoms with Gasteiger partial charge in [-0.05, 0) is 25.5 Å². The third-order valence-corrected chi connectivity index (χ3v) is 3.27. The van der Waals surface area contributed by atoms with Crippen molar-refractivity contribution >= 4 is 11.5 Å². The first-order valence-electron chi connectivity index (χ1n) is 6.46. The highest BCUT2D eigenvalue weighted by Crippen LogP contribution is 2.25. The van der Waals surface area contributed by atoms with E-state index in [-0.39, 0.29) is 11.9 Å². The Labute approximate surface area is 120 Å². The fourth-order valence-corrected chi connectivity index (χ4v) is 1.82. The molecule has 4 heteroatoms. The minimum Gasteiger partial charge on any atom is -0.496 e. The van der Waals surface area contributed by atoms with E-state index < -0.39 is 0 Å². The summed E-state index contributed by atoms with van der Waals surface area (Å²) in [5.41, 5.74) is 1.73. The molecule has 0 fully saturated rings. The van der Waals surface area contributed by atoms with Crippen molar-refractivity contribution < 1.29 is 9.53 Å². The highest BCUT2D eigenvalue weighted by molar-refractivity contribution is 5.95. The second kappa shape index (κ2) is 7.34. The predicted molar refractivity (Wildman–Crippen MR) is 79.1 cm³/mol. The Morgan fingerprint density at radius 3 is 2.75 bits per heavy atom. The van der Waals surface area contributed by atoms with Crippen LogP contribution in [0, 0.1) is 11.3 Å². The number of likely N-dealkylation sites (N-methyl/N-ethyl adjacent to an activating group) is 1. The molecule has 4 nitrogen and oxygen atoms in total. The number of rotatable bonds is 5. The van der Waals surface area contributed by atoms with Crippen LogP contribution in [0.15, 0.2) is 30.3 Å². The van der Waals surface area contributed by atoms with Crippen molar-refractivity contribution in [3.05, 3.63) is 35.9 Å². The van der Waals surface area contributed by atoms with Crippen molar-refractivity contribution in [2.24, 2.45) is 0 Å². The van der Waals surface area contributed by atoms with E-state index in [1.165, 1.54) is 0 Å². The molecule has 0 aliphatic carbocycles. The molecule has 20 heavy (non-hydrogen) atoms. The van der Waals surface area contributed by atoms with Crippen molar-refractivity contribution in [1.29, 1.82) is 5.26 Å². The summed E-state index contributed by atoms with van der Waals surface area (Å²) >= 11 is 0. The molecule has 0 spiro atoms. The quantitative estimate of drug-likeness (QED) is 0.774. The van der Waals surface area contributed by atoms with Gasteiger partial charge >= 0.3 is 0 Å². The van der Waals surface area contributed by atoms with Gasteiger partial charge in [-0.25, -0.2) is 0 Å². The van der Waals surface area contributed by atoms with Gasteiger partial charge in [0, 0.05) is 24.7 Å². The minimum absolute atomic E-state index is 0.103. The zero-order valence-corrected chi connectivity index (χ0v) is 12.4. The molecular weight excluding hydrogens is 252 g/mol. The lowest BCUT2D eigenvalue weighted by Crippen LogP contribution is -2.33. The van der Waals surface area contributed by atoms with Gasteiger partial charge < -0.3 is 9.64 Å². The normalized spacial score (nSPS) is 12.4. The molecule has 1 unspecified atom stereocenters. The van der Waals surface area contributed by atoms with E-state index in [1.54, 1.807) is 25.1 Å². The van der Waals surface area contributed by atoms with Gasteiger partial charge in [-0.1, -0.05) is 18.2 Å². The van der Waals surface area contributed by atoms with E-state index in [9.17, 15) is 4.79 Å². The van der Waals surface area contributed by atoms with E-state index in [1.807, 2.05) is 38.1 Å². The Morgan fingerprint density at radius 1 is 1.50 bits per heavy atom. The van der Waals surface area contributed by atoms with Gasteiger partial charge in [-0.2, -0.15) is 5.26 Å². The lowest BCUT2D eigenvalue weighted by Gasteiger charge is -2.21. The lowest BCUT2D eigenvalue weighted by molar-refractivity contribution is -0.126.